The summed E-state index contributed by atoms with van der Waals surface area (Å²) in [6, 6.07) is 3.96. The fourth-order valence-electron chi connectivity index (χ4n) is 2.19. The minimum absolute atomic E-state index is 0.0734. The van der Waals surface area contributed by atoms with Gasteiger partial charge in [-0.1, -0.05) is 6.92 Å². The van der Waals surface area contributed by atoms with E-state index in [0.717, 1.165) is 0 Å². The second-order valence-corrected chi connectivity index (χ2v) is 7.13. The third-order valence-corrected chi connectivity index (χ3v) is 5.45. The first-order chi connectivity index (χ1) is 9.66. The van der Waals surface area contributed by atoms with E-state index in [9.17, 15) is 12.8 Å². The first-order valence-electron chi connectivity index (χ1n) is 6.64. The molecule has 0 aliphatic rings. The summed E-state index contributed by atoms with van der Waals surface area (Å²) in [5, 5.41) is 1.90. The zero-order valence-corrected chi connectivity index (χ0v) is 13.3. The Bertz CT molecular complexity index is 590. The van der Waals surface area contributed by atoms with E-state index in [4.69, 9.17) is 11.5 Å². The van der Waals surface area contributed by atoms with Gasteiger partial charge in [0.05, 0.1) is 5.54 Å². The highest BCUT2D eigenvalue weighted by Crippen LogP contribution is 2.29. The molecule has 21 heavy (non-hydrogen) atoms. The molecule has 6 N–H and O–H groups in total. The molecule has 0 aliphatic carbocycles. The van der Waals surface area contributed by atoms with E-state index in [1.165, 1.54) is 32.2 Å². The largest absolute Gasteiger partial charge is 0.399 e. The van der Waals surface area contributed by atoms with E-state index >= 15 is 0 Å². The fourth-order valence-corrected chi connectivity index (χ4v) is 3.58. The molecular formula is C13H23FN4O2S. The summed E-state index contributed by atoms with van der Waals surface area (Å²) in [7, 11) is -2.41. The zero-order chi connectivity index (χ0) is 16.3. The Balaban J connectivity index is 3.35. The van der Waals surface area contributed by atoms with Gasteiger partial charge in [-0.2, -0.15) is 0 Å². The van der Waals surface area contributed by atoms with Crippen LogP contribution in [-0.2, 0) is 15.6 Å². The van der Waals surface area contributed by atoms with Crippen molar-refractivity contribution < 1.29 is 12.8 Å². The number of hydrogen-bond donors (Lipinski definition) is 4. The van der Waals surface area contributed by atoms with E-state index in [1.54, 1.807) is 0 Å². The summed E-state index contributed by atoms with van der Waals surface area (Å²) in [6.07, 6.45) is 0. The standard InChI is InChI=1S/C13H23FN4O2S/c1-4-18-8-12(21(19,20)17-3)13(2,16)10-7-9(15)5-6-11(10)14/h5-7,12,17-18H,4,8,15-16H2,1-3H3/t12-,13+/m0/s1. The summed E-state index contributed by atoms with van der Waals surface area (Å²) in [5.41, 5.74) is 10.8. The Morgan fingerprint density at radius 1 is 1.43 bits per heavy atom. The number of nitrogens with two attached hydrogens (primary N) is 2. The van der Waals surface area contributed by atoms with Gasteiger partial charge in [0, 0.05) is 17.8 Å². The van der Waals surface area contributed by atoms with Gasteiger partial charge in [-0.3, -0.25) is 0 Å². The van der Waals surface area contributed by atoms with Gasteiger partial charge in [0.25, 0.3) is 0 Å². The van der Waals surface area contributed by atoms with Gasteiger partial charge in [0.2, 0.25) is 10.0 Å². The normalized spacial score (nSPS) is 16.4. The average Bonchev–Trinajstić information content (AvgIpc) is 2.41. The molecule has 0 fully saturated rings. The first-order valence-corrected chi connectivity index (χ1v) is 8.18. The van der Waals surface area contributed by atoms with Crippen molar-refractivity contribution in [3.8, 4) is 0 Å². The molecule has 1 rings (SSSR count). The number of benzene rings is 1. The van der Waals surface area contributed by atoms with E-state index < -0.39 is 26.6 Å². The van der Waals surface area contributed by atoms with Crippen LogP contribution in [0.15, 0.2) is 18.2 Å². The van der Waals surface area contributed by atoms with Crippen molar-refractivity contribution in [3.05, 3.63) is 29.6 Å². The summed E-state index contributed by atoms with van der Waals surface area (Å²) in [5.74, 6) is -0.581. The van der Waals surface area contributed by atoms with Crippen LogP contribution in [0.3, 0.4) is 0 Å². The maximum absolute atomic E-state index is 14.1. The first kappa shape index (κ1) is 17.8. The van der Waals surface area contributed by atoms with Gasteiger partial charge in [-0.25, -0.2) is 17.5 Å². The minimum Gasteiger partial charge on any atom is -0.399 e. The van der Waals surface area contributed by atoms with Crippen LogP contribution in [-0.4, -0.2) is 33.8 Å². The Labute approximate surface area is 125 Å². The van der Waals surface area contributed by atoms with Crippen molar-refractivity contribution in [2.45, 2.75) is 24.6 Å². The van der Waals surface area contributed by atoms with Crippen molar-refractivity contribution in [2.24, 2.45) is 5.73 Å². The zero-order valence-electron chi connectivity index (χ0n) is 12.5. The lowest BCUT2D eigenvalue weighted by molar-refractivity contribution is 0.407. The van der Waals surface area contributed by atoms with Crippen molar-refractivity contribution in [1.82, 2.24) is 10.0 Å². The van der Waals surface area contributed by atoms with E-state index in [-0.39, 0.29) is 12.1 Å². The Morgan fingerprint density at radius 3 is 2.57 bits per heavy atom. The monoisotopic (exact) mass is 318 g/mol. The molecule has 6 nitrogen and oxygen atoms in total. The van der Waals surface area contributed by atoms with Gasteiger partial charge in [0.15, 0.2) is 0 Å². The van der Waals surface area contributed by atoms with Crippen molar-refractivity contribution >= 4 is 15.7 Å². The van der Waals surface area contributed by atoms with Crippen LogP contribution >= 0.6 is 0 Å². The molecule has 0 saturated carbocycles. The summed E-state index contributed by atoms with van der Waals surface area (Å²) in [6.45, 7) is 4.01. The number of halogens is 1. The van der Waals surface area contributed by atoms with E-state index in [0.29, 0.717) is 12.2 Å². The molecule has 0 heterocycles. The maximum atomic E-state index is 14.1. The van der Waals surface area contributed by atoms with Crippen LogP contribution in [0.25, 0.3) is 0 Å². The van der Waals surface area contributed by atoms with Crippen LogP contribution in [0, 0.1) is 5.82 Å². The second-order valence-electron chi connectivity index (χ2n) is 5.07. The highest BCUT2D eigenvalue weighted by molar-refractivity contribution is 7.90. The molecule has 0 saturated heterocycles. The minimum atomic E-state index is -3.71. The maximum Gasteiger partial charge on any atom is 0.217 e. The van der Waals surface area contributed by atoms with Crippen LogP contribution in [0.5, 0.6) is 0 Å². The predicted molar refractivity (Wildman–Crippen MR) is 82.7 cm³/mol. The lowest BCUT2D eigenvalue weighted by atomic mass is 9.88. The lowest BCUT2D eigenvalue weighted by Gasteiger charge is -2.34. The summed E-state index contributed by atoms with van der Waals surface area (Å²) in [4.78, 5) is 0. The van der Waals surface area contributed by atoms with Gasteiger partial charge in [-0.05, 0) is 38.7 Å². The van der Waals surface area contributed by atoms with Crippen LogP contribution in [0.1, 0.15) is 19.4 Å². The topological polar surface area (TPSA) is 110 Å². The van der Waals surface area contributed by atoms with Gasteiger partial charge >= 0.3 is 0 Å². The molecule has 1 aromatic rings. The number of hydrogen-bond acceptors (Lipinski definition) is 5. The SMILES string of the molecule is CCNC[C@@H]([C@](C)(N)c1cc(N)ccc1F)S(=O)(=O)NC. The lowest BCUT2D eigenvalue weighted by Crippen LogP contribution is -2.56. The van der Waals surface area contributed by atoms with Crippen LogP contribution in [0.4, 0.5) is 10.1 Å². The number of nitrogens with one attached hydrogen (secondary N) is 2. The third-order valence-electron chi connectivity index (χ3n) is 3.48. The molecule has 0 unspecified atom stereocenters. The number of nitrogen functional groups attached to an aromatic ring is 1. The van der Waals surface area contributed by atoms with Gasteiger partial charge in [-0.15, -0.1) is 0 Å². The van der Waals surface area contributed by atoms with Crippen LogP contribution < -0.4 is 21.5 Å². The van der Waals surface area contributed by atoms with Gasteiger partial charge < -0.3 is 16.8 Å². The average molecular weight is 318 g/mol. The Morgan fingerprint density at radius 2 is 2.05 bits per heavy atom. The quantitative estimate of drug-likeness (QED) is 0.533. The van der Waals surface area contributed by atoms with Gasteiger partial charge in [0.1, 0.15) is 11.1 Å². The molecule has 8 heteroatoms. The van der Waals surface area contributed by atoms with Crippen molar-refractivity contribution in [1.29, 1.82) is 0 Å². The van der Waals surface area contributed by atoms with Crippen LogP contribution in [0.2, 0.25) is 0 Å². The highest BCUT2D eigenvalue weighted by atomic mass is 32.2. The second kappa shape index (κ2) is 6.69. The molecule has 0 radical (unpaired) electrons. The molecule has 0 spiro atoms. The third kappa shape index (κ3) is 3.91. The number of rotatable bonds is 7. The molecule has 120 valence electrons. The number of sulfonamides is 1. The van der Waals surface area contributed by atoms with E-state index in [2.05, 4.69) is 10.0 Å². The Kier molecular flexibility index (Phi) is 5.68. The summed E-state index contributed by atoms with van der Waals surface area (Å²) >= 11 is 0. The highest BCUT2D eigenvalue weighted by Gasteiger charge is 2.42. The smallest absolute Gasteiger partial charge is 0.217 e. The van der Waals surface area contributed by atoms with E-state index in [1.807, 2.05) is 6.92 Å². The van der Waals surface area contributed by atoms with Crippen molar-refractivity contribution in [2.75, 3.05) is 25.9 Å². The number of anilines is 1. The molecule has 0 bridgehead atoms. The predicted octanol–water partition coefficient (Wildman–Crippen LogP) is 0.109. The Hall–Kier alpha value is -1.22. The molecule has 1 aromatic carbocycles. The molecule has 0 aromatic heterocycles. The molecule has 0 aliphatic heterocycles. The molecule has 0 amide bonds. The molecule has 2 atom stereocenters. The molecular weight excluding hydrogens is 295 g/mol. The van der Waals surface area contributed by atoms with Crippen molar-refractivity contribution in [3.63, 3.8) is 0 Å². The fraction of sp³-hybridized carbons (Fsp3) is 0.538. The summed E-state index contributed by atoms with van der Waals surface area (Å²) < 4.78 is 40.8.